The number of hydrogen-bond donors (Lipinski definition) is 1. The number of nitrogens with zero attached hydrogens (tertiary/aromatic N) is 1. The molecule has 0 aromatic heterocycles. The Morgan fingerprint density at radius 2 is 2.12 bits per heavy atom. The molecule has 2 aliphatic rings. The second-order valence-electron chi connectivity index (χ2n) is 5.31. The predicted octanol–water partition coefficient (Wildman–Crippen LogP) is 2.12. The van der Waals surface area contributed by atoms with Crippen molar-refractivity contribution >= 4 is 5.91 Å². The van der Waals surface area contributed by atoms with Crippen LogP contribution in [0.2, 0.25) is 0 Å². The van der Waals surface area contributed by atoms with E-state index in [1.54, 1.807) is 0 Å². The molecular formula is C13H24N2O. The van der Waals surface area contributed by atoms with Crippen molar-refractivity contribution in [3.05, 3.63) is 0 Å². The number of hydrogen-bond acceptors (Lipinski definition) is 2. The summed E-state index contributed by atoms with van der Waals surface area (Å²) in [5.41, 5.74) is 0. The van der Waals surface area contributed by atoms with Crippen LogP contribution in [-0.2, 0) is 4.79 Å². The maximum absolute atomic E-state index is 12.3. The minimum Gasteiger partial charge on any atom is -0.323 e. The predicted molar refractivity (Wildman–Crippen MR) is 64.9 cm³/mol. The zero-order valence-corrected chi connectivity index (χ0v) is 10.7. The Morgan fingerprint density at radius 3 is 2.62 bits per heavy atom. The second kappa shape index (κ2) is 4.74. The minimum absolute atomic E-state index is 0.0951. The van der Waals surface area contributed by atoms with Crippen LogP contribution < -0.4 is 5.32 Å². The molecule has 16 heavy (non-hydrogen) atoms. The average Bonchev–Trinajstić information content (AvgIpc) is 2.89. The van der Waals surface area contributed by atoms with Gasteiger partial charge in [0.25, 0.3) is 0 Å². The fourth-order valence-corrected chi connectivity index (χ4v) is 2.73. The summed E-state index contributed by atoms with van der Waals surface area (Å²) in [6, 6.07) is 0.620. The summed E-state index contributed by atoms with van der Waals surface area (Å²) in [7, 11) is 0. The van der Waals surface area contributed by atoms with E-state index in [2.05, 4.69) is 31.0 Å². The Bertz CT molecular complexity index is 267. The van der Waals surface area contributed by atoms with Gasteiger partial charge in [-0.1, -0.05) is 33.6 Å². The zero-order chi connectivity index (χ0) is 11.7. The molecular weight excluding hydrogens is 200 g/mol. The molecule has 2 fully saturated rings. The highest BCUT2D eigenvalue weighted by molar-refractivity contribution is 5.85. The van der Waals surface area contributed by atoms with Crippen LogP contribution in [0.3, 0.4) is 0 Å². The first-order valence-corrected chi connectivity index (χ1v) is 6.77. The zero-order valence-electron chi connectivity index (χ0n) is 10.7. The molecule has 1 aliphatic carbocycles. The summed E-state index contributed by atoms with van der Waals surface area (Å²) in [5.74, 6) is 1.07. The largest absolute Gasteiger partial charge is 0.323 e. The second-order valence-corrected chi connectivity index (χ2v) is 5.31. The average molecular weight is 224 g/mol. The fourth-order valence-electron chi connectivity index (χ4n) is 2.73. The number of rotatable bonds is 5. The molecule has 1 saturated heterocycles. The molecule has 0 aromatic carbocycles. The molecule has 4 atom stereocenters. The van der Waals surface area contributed by atoms with E-state index in [0.29, 0.717) is 24.0 Å². The van der Waals surface area contributed by atoms with Crippen molar-refractivity contribution < 1.29 is 4.79 Å². The van der Waals surface area contributed by atoms with Crippen LogP contribution in [0.5, 0.6) is 0 Å². The first-order valence-electron chi connectivity index (χ1n) is 6.77. The molecule has 1 saturated carbocycles. The molecule has 3 heteroatoms. The van der Waals surface area contributed by atoms with E-state index in [-0.39, 0.29) is 6.04 Å². The van der Waals surface area contributed by atoms with Gasteiger partial charge in [-0.15, -0.1) is 0 Å². The Kier molecular flexibility index (Phi) is 3.53. The third-order valence-corrected chi connectivity index (χ3v) is 3.94. The topological polar surface area (TPSA) is 32.3 Å². The van der Waals surface area contributed by atoms with Crippen LogP contribution in [0.25, 0.3) is 0 Å². The molecule has 2 rings (SSSR count). The molecule has 0 aromatic rings. The molecule has 1 aliphatic heterocycles. The highest BCUT2D eigenvalue weighted by atomic mass is 16.2. The van der Waals surface area contributed by atoms with Crippen LogP contribution in [0.4, 0.5) is 0 Å². The van der Waals surface area contributed by atoms with Gasteiger partial charge in [0.05, 0.1) is 12.2 Å². The Labute approximate surface area is 98.6 Å². The van der Waals surface area contributed by atoms with E-state index in [9.17, 15) is 4.79 Å². The minimum atomic E-state index is 0.0951. The van der Waals surface area contributed by atoms with E-state index in [0.717, 1.165) is 19.3 Å². The van der Waals surface area contributed by atoms with E-state index >= 15 is 0 Å². The van der Waals surface area contributed by atoms with E-state index in [1.807, 2.05) is 0 Å². The Balaban J connectivity index is 1.98. The molecule has 0 bridgehead atoms. The molecule has 1 N–H and O–H groups in total. The van der Waals surface area contributed by atoms with Gasteiger partial charge in [-0.05, 0) is 25.2 Å². The molecule has 4 unspecified atom stereocenters. The quantitative estimate of drug-likeness (QED) is 0.776. The lowest BCUT2D eigenvalue weighted by molar-refractivity contribution is -0.130. The highest BCUT2D eigenvalue weighted by Crippen LogP contribution is 2.38. The summed E-state index contributed by atoms with van der Waals surface area (Å²) in [4.78, 5) is 14.4. The van der Waals surface area contributed by atoms with Gasteiger partial charge >= 0.3 is 0 Å². The normalized spacial score (nSPS) is 38.2. The summed E-state index contributed by atoms with van der Waals surface area (Å²) in [6.45, 7) is 6.58. The van der Waals surface area contributed by atoms with Crippen molar-refractivity contribution in [3.63, 3.8) is 0 Å². The first-order chi connectivity index (χ1) is 7.69. The number of unbranched alkanes of at least 4 members (excludes halogenated alkanes) is 1. The van der Waals surface area contributed by atoms with Gasteiger partial charge in [0.15, 0.2) is 0 Å². The third kappa shape index (κ3) is 2.10. The lowest BCUT2D eigenvalue weighted by atomic mass is 10.1. The lowest BCUT2D eigenvalue weighted by Crippen LogP contribution is -2.39. The van der Waals surface area contributed by atoms with Gasteiger partial charge in [0.1, 0.15) is 0 Å². The molecule has 0 spiro atoms. The Morgan fingerprint density at radius 1 is 1.44 bits per heavy atom. The van der Waals surface area contributed by atoms with Gasteiger partial charge in [-0.2, -0.15) is 0 Å². The van der Waals surface area contributed by atoms with Crippen molar-refractivity contribution in [1.29, 1.82) is 0 Å². The lowest BCUT2D eigenvalue weighted by Gasteiger charge is -2.23. The van der Waals surface area contributed by atoms with Crippen molar-refractivity contribution in [2.24, 2.45) is 5.92 Å². The molecule has 3 nitrogen and oxygen atoms in total. The first kappa shape index (κ1) is 11.9. The summed E-state index contributed by atoms with van der Waals surface area (Å²) >= 11 is 0. The van der Waals surface area contributed by atoms with E-state index < -0.39 is 0 Å². The Hall–Kier alpha value is -0.570. The standard InChI is InChI=1S/C13H24N2O/c1-4-6-7-10-13(16)15(11-8-9(11)3)12(5-2)14-10/h9-12,14H,4-8H2,1-3H3. The number of nitrogens with one attached hydrogen (secondary N) is 1. The maximum Gasteiger partial charge on any atom is 0.241 e. The fraction of sp³-hybridized carbons (Fsp3) is 0.923. The molecule has 1 heterocycles. The number of carbonyl (C=O) groups is 1. The van der Waals surface area contributed by atoms with Crippen LogP contribution in [0, 0.1) is 5.92 Å². The maximum atomic E-state index is 12.3. The SMILES string of the molecule is CCCCC1NC(CC)N(C2CC2C)C1=O. The van der Waals surface area contributed by atoms with Gasteiger partial charge in [-0.3, -0.25) is 10.1 Å². The third-order valence-electron chi connectivity index (χ3n) is 3.94. The monoisotopic (exact) mass is 224 g/mol. The molecule has 0 radical (unpaired) electrons. The van der Waals surface area contributed by atoms with Gasteiger partial charge in [0, 0.05) is 6.04 Å². The summed E-state index contributed by atoms with van der Waals surface area (Å²) < 4.78 is 0. The van der Waals surface area contributed by atoms with E-state index in [1.165, 1.54) is 12.8 Å². The smallest absolute Gasteiger partial charge is 0.241 e. The van der Waals surface area contributed by atoms with Crippen LogP contribution in [0.1, 0.15) is 52.9 Å². The van der Waals surface area contributed by atoms with Gasteiger partial charge in [-0.25, -0.2) is 0 Å². The van der Waals surface area contributed by atoms with Gasteiger partial charge in [0.2, 0.25) is 5.91 Å². The van der Waals surface area contributed by atoms with Crippen LogP contribution in [-0.4, -0.2) is 29.1 Å². The van der Waals surface area contributed by atoms with Crippen molar-refractivity contribution in [1.82, 2.24) is 10.2 Å². The molecule has 1 amide bonds. The molecule has 92 valence electrons. The van der Waals surface area contributed by atoms with Crippen molar-refractivity contribution in [2.45, 2.75) is 71.1 Å². The summed E-state index contributed by atoms with van der Waals surface area (Å²) in [6.07, 6.45) is 5.84. The number of amides is 1. The van der Waals surface area contributed by atoms with Crippen molar-refractivity contribution in [2.75, 3.05) is 0 Å². The highest BCUT2D eigenvalue weighted by Gasteiger charge is 2.48. The van der Waals surface area contributed by atoms with E-state index in [4.69, 9.17) is 0 Å². The van der Waals surface area contributed by atoms with Crippen LogP contribution in [0.15, 0.2) is 0 Å². The van der Waals surface area contributed by atoms with Gasteiger partial charge < -0.3 is 4.90 Å². The number of carbonyl (C=O) groups excluding carboxylic acids is 1. The summed E-state index contributed by atoms with van der Waals surface area (Å²) in [5, 5.41) is 3.49. The van der Waals surface area contributed by atoms with Crippen LogP contribution >= 0.6 is 0 Å². The van der Waals surface area contributed by atoms with Crippen molar-refractivity contribution in [3.8, 4) is 0 Å².